The van der Waals surface area contributed by atoms with Crippen LogP contribution >= 0.6 is 11.3 Å². The second kappa shape index (κ2) is 11.9. The fraction of sp³-hybridized carbons (Fsp3) is 0.500. The van der Waals surface area contributed by atoms with Gasteiger partial charge in [0.1, 0.15) is 5.00 Å². The fourth-order valence-corrected chi connectivity index (χ4v) is 7.64. The van der Waals surface area contributed by atoms with Gasteiger partial charge in [-0.1, -0.05) is 6.07 Å². The first-order valence-corrected chi connectivity index (χ1v) is 14.9. The van der Waals surface area contributed by atoms with Crippen LogP contribution < -0.4 is 5.32 Å². The molecular weight excluding hydrogens is 532 g/mol. The van der Waals surface area contributed by atoms with Crippen LogP contribution in [-0.4, -0.2) is 69.1 Å². The summed E-state index contributed by atoms with van der Waals surface area (Å²) in [7, 11) is -3.85. The number of amides is 1. The van der Waals surface area contributed by atoms with Gasteiger partial charge in [-0.2, -0.15) is 4.31 Å². The molecule has 2 atom stereocenters. The second-order valence-corrected chi connectivity index (χ2v) is 12.4. The highest BCUT2D eigenvalue weighted by Crippen LogP contribution is 2.38. The molecule has 2 aromatic rings. The maximum absolute atomic E-state index is 13.2. The predicted octanol–water partition coefficient (Wildman–Crippen LogP) is 3.40. The van der Waals surface area contributed by atoms with Gasteiger partial charge in [0.2, 0.25) is 10.0 Å². The smallest absolute Gasteiger partial charge is 0.341 e. The lowest BCUT2D eigenvalue weighted by Gasteiger charge is -2.34. The van der Waals surface area contributed by atoms with Gasteiger partial charge in [0.15, 0.2) is 6.61 Å². The topological polar surface area (TPSA) is 128 Å². The molecule has 4 rings (SSSR count). The molecule has 1 saturated heterocycles. The number of sulfonamides is 1. The molecule has 12 heteroatoms. The van der Waals surface area contributed by atoms with Crippen LogP contribution in [0.25, 0.3) is 0 Å². The number of rotatable bonds is 8. The molecule has 10 nitrogen and oxygen atoms in total. The Morgan fingerprint density at radius 3 is 2.50 bits per heavy atom. The van der Waals surface area contributed by atoms with Gasteiger partial charge in [-0.05, 0) is 70.2 Å². The van der Waals surface area contributed by atoms with Gasteiger partial charge in [0.05, 0.1) is 34.8 Å². The standard InChI is InChI=1S/C26H32N2O8S2/c1-4-34-26(31)23-20-10-5-6-11-21(20)37-24(23)27-22(29)15-35-25(30)18-8-7-9-19(12-18)38(32,33)28-13-16(2)36-17(3)14-28/h7-9,12,16-17H,4-6,10-11,13-15H2,1-3H3,(H,27,29). The molecule has 38 heavy (non-hydrogen) atoms. The lowest BCUT2D eigenvalue weighted by molar-refractivity contribution is -0.119. The number of nitrogens with one attached hydrogen (secondary N) is 1. The van der Waals surface area contributed by atoms with E-state index in [1.807, 2.05) is 0 Å². The summed E-state index contributed by atoms with van der Waals surface area (Å²) in [6, 6.07) is 5.54. The van der Waals surface area contributed by atoms with Crippen LogP contribution in [-0.2, 0) is 41.9 Å². The maximum Gasteiger partial charge on any atom is 0.341 e. The van der Waals surface area contributed by atoms with Crippen molar-refractivity contribution in [3.63, 3.8) is 0 Å². The summed E-state index contributed by atoms with van der Waals surface area (Å²) in [4.78, 5) is 38.9. The maximum atomic E-state index is 13.2. The van der Waals surface area contributed by atoms with Crippen molar-refractivity contribution in [3.8, 4) is 0 Å². The highest BCUT2D eigenvalue weighted by atomic mass is 32.2. The molecule has 1 amide bonds. The fourth-order valence-electron chi connectivity index (χ4n) is 4.71. The normalized spacial score (nSPS) is 19.9. The lowest BCUT2D eigenvalue weighted by Crippen LogP contribution is -2.48. The van der Waals surface area contributed by atoms with E-state index in [4.69, 9.17) is 14.2 Å². The molecular formula is C26H32N2O8S2. The van der Waals surface area contributed by atoms with Gasteiger partial charge in [0.25, 0.3) is 5.91 Å². The van der Waals surface area contributed by atoms with Crippen molar-refractivity contribution in [2.75, 3.05) is 31.6 Å². The first kappa shape index (κ1) is 28.2. The summed E-state index contributed by atoms with van der Waals surface area (Å²) < 4.78 is 43.6. The largest absolute Gasteiger partial charge is 0.462 e. The molecule has 0 saturated carbocycles. The van der Waals surface area contributed by atoms with Crippen LogP contribution in [0, 0.1) is 0 Å². The van der Waals surface area contributed by atoms with E-state index in [2.05, 4.69) is 5.32 Å². The third kappa shape index (κ3) is 6.25. The highest BCUT2D eigenvalue weighted by Gasteiger charge is 2.33. The van der Waals surface area contributed by atoms with Gasteiger partial charge in [0, 0.05) is 18.0 Å². The van der Waals surface area contributed by atoms with Crippen LogP contribution in [0.4, 0.5) is 5.00 Å². The minimum atomic E-state index is -3.85. The predicted molar refractivity (Wildman–Crippen MR) is 141 cm³/mol. The summed E-state index contributed by atoms with van der Waals surface area (Å²) in [5, 5.41) is 3.08. The number of carbonyl (C=O) groups excluding carboxylic acids is 3. The van der Waals surface area contributed by atoms with Crippen LogP contribution in [0.2, 0.25) is 0 Å². The van der Waals surface area contributed by atoms with Crippen LogP contribution in [0.15, 0.2) is 29.2 Å². The van der Waals surface area contributed by atoms with E-state index >= 15 is 0 Å². The minimum absolute atomic E-state index is 0.00651. The molecule has 1 aromatic carbocycles. The van der Waals surface area contributed by atoms with Crippen molar-refractivity contribution < 1.29 is 37.0 Å². The molecule has 1 aliphatic heterocycles. The lowest BCUT2D eigenvalue weighted by atomic mass is 9.95. The van der Waals surface area contributed by atoms with E-state index in [1.54, 1.807) is 20.8 Å². The first-order valence-electron chi connectivity index (χ1n) is 12.6. The van der Waals surface area contributed by atoms with E-state index in [-0.39, 0.29) is 42.4 Å². The molecule has 0 radical (unpaired) electrons. The number of carbonyl (C=O) groups is 3. The molecule has 0 bridgehead atoms. The number of ether oxygens (including phenoxy) is 3. The van der Waals surface area contributed by atoms with Crippen molar-refractivity contribution in [1.29, 1.82) is 0 Å². The number of fused-ring (bicyclic) bond motifs is 1. The summed E-state index contributed by atoms with van der Waals surface area (Å²) >= 11 is 1.34. The van der Waals surface area contributed by atoms with Gasteiger partial charge < -0.3 is 19.5 Å². The SMILES string of the molecule is CCOC(=O)c1c(NC(=O)COC(=O)c2cccc(S(=O)(=O)N3CC(C)OC(C)C3)c2)sc2c1CCCC2. The van der Waals surface area contributed by atoms with Crippen LogP contribution in [0.5, 0.6) is 0 Å². The molecule has 1 aromatic heterocycles. The Hall–Kier alpha value is -2.80. The Labute approximate surface area is 226 Å². The zero-order chi connectivity index (χ0) is 27.4. The number of thiophene rings is 1. The van der Waals surface area contributed by atoms with Crippen LogP contribution in [0.3, 0.4) is 0 Å². The molecule has 2 aliphatic rings. The first-order chi connectivity index (χ1) is 18.1. The van der Waals surface area contributed by atoms with Gasteiger partial charge >= 0.3 is 11.9 Å². The number of hydrogen-bond acceptors (Lipinski definition) is 9. The van der Waals surface area contributed by atoms with Crippen molar-refractivity contribution >= 4 is 44.2 Å². The molecule has 2 unspecified atom stereocenters. The van der Waals surface area contributed by atoms with Crippen molar-refractivity contribution in [1.82, 2.24) is 4.31 Å². The molecule has 2 heterocycles. The van der Waals surface area contributed by atoms with E-state index in [9.17, 15) is 22.8 Å². The van der Waals surface area contributed by atoms with Crippen molar-refractivity contribution in [2.45, 2.75) is 63.6 Å². The van der Waals surface area contributed by atoms with Gasteiger partial charge in [-0.15, -0.1) is 11.3 Å². The molecule has 1 aliphatic carbocycles. The van der Waals surface area contributed by atoms with E-state index in [0.717, 1.165) is 36.1 Å². The summed E-state index contributed by atoms with van der Waals surface area (Å²) in [5.41, 5.74) is 1.29. The Bertz CT molecular complexity index is 1310. The number of benzene rings is 1. The highest BCUT2D eigenvalue weighted by molar-refractivity contribution is 7.89. The number of nitrogens with zero attached hydrogens (tertiary/aromatic N) is 1. The Kier molecular flexibility index (Phi) is 8.86. The van der Waals surface area contributed by atoms with E-state index in [0.29, 0.717) is 10.6 Å². The average Bonchev–Trinajstić information content (AvgIpc) is 3.24. The average molecular weight is 565 g/mol. The Balaban J connectivity index is 1.42. The van der Waals surface area contributed by atoms with Gasteiger partial charge in [-0.3, -0.25) is 4.79 Å². The Morgan fingerprint density at radius 1 is 1.08 bits per heavy atom. The molecule has 1 fully saturated rings. The summed E-state index contributed by atoms with van der Waals surface area (Å²) in [5.74, 6) is -1.93. The quantitative estimate of drug-likeness (QED) is 0.483. The Morgan fingerprint density at radius 2 is 1.79 bits per heavy atom. The minimum Gasteiger partial charge on any atom is -0.462 e. The molecule has 0 spiro atoms. The zero-order valence-electron chi connectivity index (χ0n) is 21.7. The number of anilines is 1. The second-order valence-electron chi connectivity index (χ2n) is 9.37. The summed E-state index contributed by atoms with van der Waals surface area (Å²) in [6.07, 6.45) is 3.04. The number of hydrogen-bond donors (Lipinski definition) is 1. The summed E-state index contributed by atoms with van der Waals surface area (Å²) in [6.45, 7) is 5.36. The van der Waals surface area contributed by atoms with Gasteiger partial charge in [-0.25, -0.2) is 18.0 Å². The molecule has 206 valence electrons. The van der Waals surface area contributed by atoms with Crippen molar-refractivity contribution in [2.24, 2.45) is 0 Å². The zero-order valence-corrected chi connectivity index (χ0v) is 23.3. The number of morpholine rings is 1. The number of esters is 2. The van der Waals surface area contributed by atoms with Crippen LogP contribution in [0.1, 0.15) is 64.8 Å². The number of aryl methyl sites for hydroxylation is 1. The monoisotopic (exact) mass is 564 g/mol. The molecule has 1 N–H and O–H groups in total. The van der Waals surface area contributed by atoms with E-state index in [1.165, 1.54) is 39.9 Å². The van der Waals surface area contributed by atoms with Crippen molar-refractivity contribution in [3.05, 3.63) is 45.8 Å². The third-order valence-electron chi connectivity index (χ3n) is 6.33. The van der Waals surface area contributed by atoms with E-state index < -0.39 is 34.5 Å². The third-order valence-corrected chi connectivity index (χ3v) is 9.37.